The van der Waals surface area contributed by atoms with Gasteiger partial charge in [0.1, 0.15) is 18.1 Å². The number of aliphatic imine (C=N–C) groups is 1. The van der Waals surface area contributed by atoms with Crippen LogP contribution in [0.25, 0.3) is 0 Å². The van der Waals surface area contributed by atoms with Gasteiger partial charge >= 0.3 is 0 Å². The van der Waals surface area contributed by atoms with Crippen LogP contribution in [0.15, 0.2) is 27.7 Å². The van der Waals surface area contributed by atoms with Crippen molar-refractivity contribution in [3.05, 3.63) is 46.3 Å². The van der Waals surface area contributed by atoms with E-state index in [1.54, 1.807) is 7.05 Å². The molecule has 0 spiro atoms. The maximum Gasteiger partial charge on any atom is 0.191 e. The first-order chi connectivity index (χ1) is 14.0. The summed E-state index contributed by atoms with van der Waals surface area (Å²) in [6.45, 7) is 11.3. The molecule has 0 bridgehead atoms. The largest absolute Gasteiger partial charge is 0.491 e. The Balaban J connectivity index is 1.81. The van der Waals surface area contributed by atoms with E-state index in [1.807, 2.05) is 20.8 Å². The molecule has 7 heteroatoms. The van der Waals surface area contributed by atoms with Gasteiger partial charge in [0.15, 0.2) is 5.96 Å². The van der Waals surface area contributed by atoms with E-state index in [0.717, 1.165) is 48.1 Å². The second-order valence-electron chi connectivity index (χ2n) is 6.92. The number of aryl methyl sites for hydroxylation is 3. The van der Waals surface area contributed by atoms with E-state index >= 15 is 0 Å². The molecule has 0 atom stereocenters. The Morgan fingerprint density at radius 3 is 2.69 bits per heavy atom. The Hall–Kier alpha value is -2.54. The number of nitrogens with one attached hydrogen (secondary N) is 2. The molecule has 0 aliphatic rings. The van der Waals surface area contributed by atoms with Crippen LogP contribution in [0, 0.1) is 20.8 Å². The van der Waals surface area contributed by atoms with Crippen LogP contribution in [-0.2, 0) is 17.7 Å². The number of rotatable bonds is 11. The normalized spacial score (nSPS) is 11.6. The van der Waals surface area contributed by atoms with Crippen LogP contribution in [0.5, 0.6) is 5.75 Å². The molecule has 0 saturated carbocycles. The third-order valence-corrected chi connectivity index (χ3v) is 4.66. The predicted molar refractivity (Wildman–Crippen MR) is 116 cm³/mol. The van der Waals surface area contributed by atoms with E-state index in [0.29, 0.717) is 26.4 Å². The Labute approximate surface area is 173 Å². The number of benzene rings is 1. The van der Waals surface area contributed by atoms with Crippen molar-refractivity contribution in [1.29, 1.82) is 0 Å². The molecule has 1 aromatic carbocycles. The summed E-state index contributed by atoms with van der Waals surface area (Å²) in [4.78, 5) is 4.31. The first-order valence-corrected chi connectivity index (χ1v) is 10.2. The first-order valence-electron chi connectivity index (χ1n) is 10.2. The molecule has 0 unspecified atom stereocenters. The first kappa shape index (κ1) is 22.7. The van der Waals surface area contributed by atoms with E-state index in [2.05, 4.69) is 45.9 Å². The number of nitrogens with zero attached hydrogens (tertiary/aromatic N) is 2. The van der Waals surface area contributed by atoms with Crippen LogP contribution in [0.2, 0.25) is 0 Å². The second kappa shape index (κ2) is 12.1. The molecule has 1 heterocycles. The molecule has 7 nitrogen and oxygen atoms in total. The van der Waals surface area contributed by atoms with Crippen molar-refractivity contribution in [3.8, 4) is 5.75 Å². The van der Waals surface area contributed by atoms with Gasteiger partial charge in [0.25, 0.3) is 0 Å². The highest BCUT2D eigenvalue weighted by atomic mass is 16.5. The lowest BCUT2D eigenvalue weighted by Gasteiger charge is -2.15. The van der Waals surface area contributed by atoms with Crippen LogP contribution >= 0.6 is 0 Å². The zero-order valence-corrected chi connectivity index (χ0v) is 18.3. The summed E-state index contributed by atoms with van der Waals surface area (Å²) in [6, 6.07) is 6.23. The van der Waals surface area contributed by atoms with Crippen molar-refractivity contribution in [2.75, 3.05) is 33.4 Å². The van der Waals surface area contributed by atoms with Gasteiger partial charge in [-0.2, -0.15) is 0 Å². The number of guanidine groups is 1. The summed E-state index contributed by atoms with van der Waals surface area (Å²) >= 11 is 0. The molecule has 2 rings (SSSR count). The van der Waals surface area contributed by atoms with Gasteiger partial charge in [-0.05, 0) is 52.2 Å². The van der Waals surface area contributed by atoms with Crippen LogP contribution < -0.4 is 15.4 Å². The fraction of sp³-hybridized carbons (Fsp3) is 0.545. The van der Waals surface area contributed by atoms with Crippen molar-refractivity contribution in [1.82, 2.24) is 15.8 Å². The van der Waals surface area contributed by atoms with Gasteiger partial charge < -0.3 is 24.6 Å². The third-order valence-electron chi connectivity index (χ3n) is 4.66. The Kier molecular flexibility index (Phi) is 9.50. The topological polar surface area (TPSA) is 80.9 Å². The minimum atomic E-state index is 0.541. The molecule has 2 aromatic rings. The number of aromatic nitrogens is 1. The van der Waals surface area contributed by atoms with Gasteiger partial charge in [-0.1, -0.05) is 17.3 Å². The highest BCUT2D eigenvalue weighted by Crippen LogP contribution is 2.20. The Morgan fingerprint density at radius 1 is 1.17 bits per heavy atom. The fourth-order valence-corrected chi connectivity index (χ4v) is 3.03. The summed E-state index contributed by atoms with van der Waals surface area (Å²) in [6.07, 6.45) is 1.90. The van der Waals surface area contributed by atoms with Crippen molar-refractivity contribution in [2.24, 2.45) is 4.99 Å². The monoisotopic (exact) mass is 402 g/mol. The summed E-state index contributed by atoms with van der Waals surface area (Å²) in [5.41, 5.74) is 4.43. The van der Waals surface area contributed by atoms with Gasteiger partial charge in [0.2, 0.25) is 0 Å². The fourth-order valence-electron chi connectivity index (χ4n) is 3.03. The smallest absolute Gasteiger partial charge is 0.191 e. The summed E-state index contributed by atoms with van der Waals surface area (Å²) in [5, 5.41) is 10.7. The van der Waals surface area contributed by atoms with E-state index in [-0.39, 0.29) is 0 Å². The zero-order chi connectivity index (χ0) is 21.1. The zero-order valence-electron chi connectivity index (χ0n) is 18.3. The minimum Gasteiger partial charge on any atom is -0.491 e. The van der Waals surface area contributed by atoms with E-state index in [9.17, 15) is 0 Å². The number of hydrogen-bond acceptors (Lipinski definition) is 5. The lowest BCUT2D eigenvalue weighted by molar-refractivity contribution is 0.110. The molecule has 0 aliphatic heterocycles. The second-order valence-corrected chi connectivity index (χ2v) is 6.92. The van der Waals surface area contributed by atoms with Gasteiger partial charge in [-0.3, -0.25) is 4.99 Å². The highest BCUT2D eigenvalue weighted by molar-refractivity contribution is 5.79. The lowest BCUT2D eigenvalue weighted by atomic mass is 10.1. The molecular formula is C22H34N4O3. The molecule has 0 radical (unpaired) electrons. The molecule has 0 fully saturated rings. The van der Waals surface area contributed by atoms with E-state index in [1.165, 1.54) is 11.1 Å². The van der Waals surface area contributed by atoms with Crippen LogP contribution in [0.3, 0.4) is 0 Å². The Bertz CT molecular complexity index is 767. The van der Waals surface area contributed by atoms with Crippen molar-refractivity contribution < 1.29 is 14.0 Å². The molecule has 2 N–H and O–H groups in total. The van der Waals surface area contributed by atoms with Crippen molar-refractivity contribution in [3.63, 3.8) is 0 Å². The van der Waals surface area contributed by atoms with Crippen molar-refractivity contribution in [2.45, 2.75) is 47.1 Å². The quantitative estimate of drug-likeness (QED) is 0.341. The van der Waals surface area contributed by atoms with Gasteiger partial charge in [-0.25, -0.2) is 0 Å². The van der Waals surface area contributed by atoms with Crippen LogP contribution in [0.4, 0.5) is 0 Å². The molecule has 1 aromatic heterocycles. The average molecular weight is 403 g/mol. The molecule has 0 aliphatic carbocycles. The highest BCUT2D eigenvalue weighted by Gasteiger charge is 2.09. The van der Waals surface area contributed by atoms with E-state index in [4.69, 9.17) is 14.0 Å². The maximum atomic E-state index is 5.91. The average Bonchev–Trinajstić information content (AvgIpc) is 3.03. The van der Waals surface area contributed by atoms with Crippen LogP contribution in [0.1, 0.15) is 41.5 Å². The Morgan fingerprint density at radius 2 is 2.00 bits per heavy atom. The van der Waals surface area contributed by atoms with Gasteiger partial charge in [-0.15, -0.1) is 0 Å². The molecule has 29 heavy (non-hydrogen) atoms. The SMILES string of the molecule is CCOCCOc1cc(C)ccc1CNC(=NC)NCCCc1c(C)noc1C. The third kappa shape index (κ3) is 7.42. The van der Waals surface area contributed by atoms with Crippen molar-refractivity contribution >= 4 is 5.96 Å². The maximum absolute atomic E-state index is 5.91. The van der Waals surface area contributed by atoms with Gasteiger partial charge in [0.05, 0.1) is 12.3 Å². The summed E-state index contributed by atoms with van der Waals surface area (Å²) < 4.78 is 16.5. The molecular weight excluding hydrogens is 368 g/mol. The molecule has 0 amide bonds. The number of hydrogen-bond donors (Lipinski definition) is 2. The van der Waals surface area contributed by atoms with Crippen LogP contribution in [-0.4, -0.2) is 44.5 Å². The lowest BCUT2D eigenvalue weighted by Crippen LogP contribution is -2.37. The summed E-state index contributed by atoms with van der Waals surface area (Å²) in [5.74, 6) is 2.55. The summed E-state index contributed by atoms with van der Waals surface area (Å²) in [7, 11) is 1.78. The van der Waals surface area contributed by atoms with Gasteiger partial charge in [0, 0.05) is 37.9 Å². The molecule has 0 saturated heterocycles. The standard InChI is InChI=1S/C22H34N4O3/c1-6-27-12-13-28-21-14-16(2)9-10-19(21)15-25-22(23-5)24-11-7-8-20-17(3)26-29-18(20)4/h9-10,14H,6-8,11-13,15H2,1-5H3,(H2,23,24,25). The minimum absolute atomic E-state index is 0.541. The molecule has 160 valence electrons. The predicted octanol–water partition coefficient (Wildman–Crippen LogP) is 3.31. The van der Waals surface area contributed by atoms with E-state index < -0.39 is 0 Å². The number of ether oxygens (including phenoxy) is 2.